The molecule has 0 spiro atoms. The third-order valence-corrected chi connectivity index (χ3v) is 7.26. The number of benzene rings is 2. The second-order valence-corrected chi connectivity index (χ2v) is 9.76. The highest BCUT2D eigenvalue weighted by atomic mass is 32.2. The van der Waals surface area contributed by atoms with Crippen LogP contribution in [0.5, 0.6) is 0 Å². The van der Waals surface area contributed by atoms with Crippen LogP contribution in [0, 0.1) is 0 Å². The summed E-state index contributed by atoms with van der Waals surface area (Å²) in [5.41, 5.74) is 1.31. The van der Waals surface area contributed by atoms with Crippen molar-refractivity contribution < 1.29 is 18.0 Å². The molecule has 2 heterocycles. The van der Waals surface area contributed by atoms with E-state index in [9.17, 15) is 18.0 Å². The van der Waals surface area contributed by atoms with Crippen LogP contribution in [0.15, 0.2) is 52.3 Å². The standard InChI is InChI=1S/C18H17N3O4S2/c1-11-10-21(15-4-2-3-5-16(15)26-11)27(24,25)12-6-7-13-14(8-12)20-18(23)9-17(22)19-13/h2-8,11H,9-10H2,1H3,(H,19,22)(H,20,23). The van der Waals surface area contributed by atoms with Crippen molar-refractivity contribution in [2.45, 2.75) is 28.4 Å². The van der Waals surface area contributed by atoms with Crippen molar-refractivity contribution in [3.63, 3.8) is 0 Å². The summed E-state index contributed by atoms with van der Waals surface area (Å²) in [5.74, 6) is -0.910. The third-order valence-electron chi connectivity index (χ3n) is 4.33. The van der Waals surface area contributed by atoms with Crippen molar-refractivity contribution in [2.24, 2.45) is 0 Å². The van der Waals surface area contributed by atoms with Crippen molar-refractivity contribution in [3.05, 3.63) is 42.5 Å². The van der Waals surface area contributed by atoms with Crippen LogP contribution in [0.25, 0.3) is 0 Å². The van der Waals surface area contributed by atoms with E-state index in [1.165, 1.54) is 22.5 Å². The van der Waals surface area contributed by atoms with Gasteiger partial charge < -0.3 is 10.6 Å². The van der Waals surface area contributed by atoms with Gasteiger partial charge in [-0.2, -0.15) is 0 Å². The average Bonchev–Trinajstić information content (AvgIpc) is 2.76. The number of nitrogens with zero attached hydrogens (tertiary/aromatic N) is 1. The molecule has 0 aliphatic carbocycles. The second kappa shape index (κ2) is 6.58. The fourth-order valence-electron chi connectivity index (χ4n) is 3.13. The molecular weight excluding hydrogens is 386 g/mol. The van der Waals surface area contributed by atoms with E-state index in [1.807, 2.05) is 25.1 Å². The highest BCUT2D eigenvalue weighted by Crippen LogP contribution is 2.41. The zero-order valence-electron chi connectivity index (χ0n) is 14.4. The molecule has 2 N–H and O–H groups in total. The molecule has 0 aromatic heterocycles. The fraction of sp³-hybridized carbons (Fsp3) is 0.222. The summed E-state index contributed by atoms with van der Waals surface area (Å²) in [6.45, 7) is 2.33. The van der Waals surface area contributed by atoms with Gasteiger partial charge >= 0.3 is 0 Å². The number of carbonyl (C=O) groups excluding carboxylic acids is 2. The van der Waals surface area contributed by atoms with Crippen molar-refractivity contribution in [2.75, 3.05) is 21.5 Å². The number of hydrogen-bond acceptors (Lipinski definition) is 5. The Bertz CT molecular complexity index is 1050. The van der Waals surface area contributed by atoms with Gasteiger partial charge in [0.2, 0.25) is 11.8 Å². The summed E-state index contributed by atoms with van der Waals surface area (Å²) >= 11 is 1.64. The van der Waals surface area contributed by atoms with Crippen molar-refractivity contribution in [1.82, 2.24) is 0 Å². The van der Waals surface area contributed by atoms with Gasteiger partial charge in [-0.15, -0.1) is 11.8 Å². The van der Waals surface area contributed by atoms with Crippen LogP contribution < -0.4 is 14.9 Å². The maximum atomic E-state index is 13.3. The number of amides is 2. The van der Waals surface area contributed by atoms with E-state index < -0.39 is 21.8 Å². The van der Waals surface area contributed by atoms with E-state index in [-0.39, 0.29) is 22.3 Å². The van der Waals surface area contributed by atoms with Crippen LogP contribution in [-0.4, -0.2) is 32.0 Å². The molecule has 2 aromatic carbocycles. The van der Waals surface area contributed by atoms with E-state index >= 15 is 0 Å². The zero-order chi connectivity index (χ0) is 19.2. The lowest BCUT2D eigenvalue weighted by Gasteiger charge is -2.33. The first-order valence-electron chi connectivity index (χ1n) is 8.37. The number of rotatable bonds is 2. The Morgan fingerprint density at radius 3 is 2.52 bits per heavy atom. The first kappa shape index (κ1) is 17.9. The molecule has 1 unspecified atom stereocenters. The summed E-state index contributed by atoms with van der Waals surface area (Å²) in [6.07, 6.45) is -0.301. The fourth-order valence-corrected chi connectivity index (χ4v) is 6.00. The lowest BCUT2D eigenvalue weighted by atomic mass is 10.2. The number of sulfonamides is 1. The third kappa shape index (κ3) is 3.28. The molecular formula is C18H17N3O4S2. The number of carbonyl (C=O) groups is 2. The van der Waals surface area contributed by atoms with Gasteiger partial charge in [0, 0.05) is 16.7 Å². The van der Waals surface area contributed by atoms with Gasteiger partial charge in [-0.05, 0) is 30.3 Å². The number of para-hydroxylation sites is 1. The molecule has 2 aliphatic heterocycles. The molecule has 4 rings (SSSR count). The summed E-state index contributed by atoms with van der Waals surface area (Å²) in [5, 5.41) is 5.29. The molecule has 27 heavy (non-hydrogen) atoms. The number of hydrogen-bond donors (Lipinski definition) is 2. The van der Waals surface area contributed by atoms with Crippen LogP contribution in [0.4, 0.5) is 17.1 Å². The summed E-state index contributed by atoms with van der Waals surface area (Å²) in [7, 11) is -3.83. The van der Waals surface area contributed by atoms with Crippen molar-refractivity contribution in [1.29, 1.82) is 0 Å². The Morgan fingerprint density at radius 2 is 1.74 bits per heavy atom. The predicted octanol–water partition coefficient (Wildman–Crippen LogP) is 2.66. The molecule has 0 saturated heterocycles. The average molecular weight is 403 g/mol. The Morgan fingerprint density at radius 1 is 1.04 bits per heavy atom. The Balaban J connectivity index is 1.78. The summed E-state index contributed by atoms with van der Waals surface area (Å²) in [6, 6.07) is 11.7. The van der Waals surface area contributed by atoms with Gasteiger partial charge in [-0.3, -0.25) is 13.9 Å². The molecule has 9 heteroatoms. The zero-order valence-corrected chi connectivity index (χ0v) is 16.1. The van der Waals surface area contributed by atoms with Gasteiger partial charge in [0.15, 0.2) is 0 Å². The van der Waals surface area contributed by atoms with Gasteiger partial charge in [0.25, 0.3) is 10.0 Å². The smallest absolute Gasteiger partial charge is 0.264 e. The van der Waals surface area contributed by atoms with E-state index in [0.717, 1.165) is 4.90 Å². The van der Waals surface area contributed by atoms with E-state index in [1.54, 1.807) is 17.8 Å². The lowest BCUT2D eigenvalue weighted by Crippen LogP contribution is -2.38. The summed E-state index contributed by atoms with van der Waals surface area (Å²) in [4.78, 5) is 24.4. The Hall–Kier alpha value is -2.52. The van der Waals surface area contributed by atoms with E-state index in [2.05, 4.69) is 10.6 Å². The van der Waals surface area contributed by atoms with E-state index in [4.69, 9.17) is 0 Å². The molecule has 140 valence electrons. The Kier molecular flexibility index (Phi) is 4.35. The number of anilines is 3. The first-order valence-corrected chi connectivity index (χ1v) is 10.7. The second-order valence-electron chi connectivity index (χ2n) is 6.41. The molecule has 7 nitrogen and oxygen atoms in total. The van der Waals surface area contributed by atoms with Crippen molar-refractivity contribution >= 4 is 50.7 Å². The highest BCUT2D eigenvalue weighted by molar-refractivity contribution is 8.00. The van der Waals surface area contributed by atoms with Crippen LogP contribution >= 0.6 is 11.8 Å². The number of nitrogens with one attached hydrogen (secondary N) is 2. The molecule has 1 atom stereocenters. The SMILES string of the molecule is CC1CN(S(=O)(=O)c2ccc3c(c2)NC(=O)CC(=O)N3)c2ccccc2S1. The normalized spacial score (nSPS) is 19.4. The number of fused-ring (bicyclic) bond motifs is 2. The van der Waals surface area contributed by atoms with Crippen LogP contribution in [0.1, 0.15) is 13.3 Å². The molecule has 0 radical (unpaired) electrons. The maximum Gasteiger partial charge on any atom is 0.264 e. The highest BCUT2D eigenvalue weighted by Gasteiger charge is 2.33. The van der Waals surface area contributed by atoms with Gasteiger partial charge in [-0.25, -0.2) is 8.42 Å². The minimum atomic E-state index is -3.83. The van der Waals surface area contributed by atoms with Gasteiger partial charge in [0.1, 0.15) is 6.42 Å². The monoisotopic (exact) mass is 403 g/mol. The molecule has 0 saturated carbocycles. The topological polar surface area (TPSA) is 95.6 Å². The van der Waals surface area contributed by atoms with E-state index in [0.29, 0.717) is 17.9 Å². The van der Waals surface area contributed by atoms with Crippen LogP contribution in [0.2, 0.25) is 0 Å². The number of thioether (sulfide) groups is 1. The largest absolute Gasteiger partial charge is 0.324 e. The van der Waals surface area contributed by atoms with Crippen LogP contribution in [-0.2, 0) is 19.6 Å². The summed E-state index contributed by atoms with van der Waals surface area (Å²) < 4.78 is 28.1. The minimum absolute atomic E-state index is 0.0617. The maximum absolute atomic E-state index is 13.3. The molecule has 2 aliphatic rings. The quantitative estimate of drug-likeness (QED) is 0.752. The predicted molar refractivity (Wildman–Crippen MR) is 105 cm³/mol. The van der Waals surface area contributed by atoms with Crippen molar-refractivity contribution in [3.8, 4) is 0 Å². The van der Waals surface area contributed by atoms with Gasteiger partial charge in [0.05, 0.1) is 22.0 Å². The first-order chi connectivity index (χ1) is 12.8. The molecule has 0 fully saturated rings. The molecule has 2 aromatic rings. The van der Waals surface area contributed by atoms with Gasteiger partial charge in [-0.1, -0.05) is 19.1 Å². The van der Waals surface area contributed by atoms with Crippen LogP contribution in [0.3, 0.4) is 0 Å². The lowest BCUT2D eigenvalue weighted by molar-refractivity contribution is -0.123. The Labute approximate surface area is 161 Å². The molecule has 2 amide bonds. The minimum Gasteiger partial charge on any atom is -0.324 e. The molecule has 0 bridgehead atoms.